The molecule has 2 aromatic rings. The maximum Gasteiger partial charge on any atom is 0.161 e. The van der Waals surface area contributed by atoms with Crippen molar-refractivity contribution in [2.45, 2.75) is 38.3 Å². The van der Waals surface area contributed by atoms with E-state index in [1.54, 1.807) is 7.11 Å². The van der Waals surface area contributed by atoms with E-state index in [0.29, 0.717) is 24.6 Å². The average Bonchev–Trinajstić information content (AvgIpc) is 2.69. The molecule has 3 nitrogen and oxygen atoms in total. The molecule has 148 valence electrons. The molecule has 0 aromatic heterocycles. The molecule has 1 N–H and O–H groups in total. The van der Waals surface area contributed by atoms with Crippen LogP contribution < -0.4 is 14.8 Å². The number of ether oxygens (including phenoxy) is 2. The van der Waals surface area contributed by atoms with Gasteiger partial charge in [0.2, 0.25) is 0 Å². The molecule has 0 saturated carbocycles. The molecule has 2 aromatic carbocycles. The minimum Gasteiger partial charge on any atom is -0.493 e. The minimum atomic E-state index is 0. The Hall–Kier alpha value is -1.36. The summed E-state index contributed by atoms with van der Waals surface area (Å²) in [4.78, 5) is 0. The van der Waals surface area contributed by atoms with Crippen molar-refractivity contribution >= 4 is 24.2 Å². The monoisotopic (exact) mass is 407 g/mol. The Morgan fingerprint density at radius 2 is 1.93 bits per heavy atom. The largest absolute Gasteiger partial charge is 0.493 e. The van der Waals surface area contributed by atoms with Crippen molar-refractivity contribution in [3.05, 3.63) is 59.7 Å². The van der Waals surface area contributed by atoms with Crippen LogP contribution in [-0.4, -0.2) is 31.3 Å². The SMILES string of the molecule is CCOc1cc([C@H]2CSCC[C@H]2N[C@H](C)c2ccccc2)ccc1OC.Cl. The molecule has 0 aliphatic carbocycles. The van der Waals surface area contributed by atoms with Gasteiger partial charge in [-0.3, -0.25) is 0 Å². The normalized spacial score (nSPS) is 20.4. The van der Waals surface area contributed by atoms with E-state index in [-0.39, 0.29) is 12.4 Å². The molecule has 5 heteroatoms. The third-order valence-electron chi connectivity index (χ3n) is 5.04. The number of hydrogen-bond donors (Lipinski definition) is 1. The van der Waals surface area contributed by atoms with Gasteiger partial charge in [0.15, 0.2) is 11.5 Å². The standard InChI is InChI=1S/C22H29NO2S.ClH/c1-4-25-22-14-18(10-11-21(22)24-3)19-15-26-13-12-20(19)23-16(2)17-8-6-5-7-9-17;/h5-11,14,16,19-20,23H,4,12-13,15H2,1-3H3;1H/t16-,19-,20-;/m1./s1. The summed E-state index contributed by atoms with van der Waals surface area (Å²) in [5.74, 6) is 4.48. The van der Waals surface area contributed by atoms with Crippen LogP contribution in [0.5, 0.6) is 11.5 Å². The van der Waals surface area contributed by atoms with Gasteiger partial charge in [-0.15, -0.1) is 12.4 Å². The van der Waals surface area contributed by atoms with Crippen LogP contribution in [0.3, 0.4) is 0 Å². The van der Waals surface area contributed by atoms with Gasteiger partial charge in [0.25, 0.3) is 0 Å². The number of nitrogens with one attached hydrogen (secondary N) is 1. The zero-order chi connectivity index (χ0) is 18.4. The molecule has 1 heterocycles. The van der Waals surface area contributed by atoms with Crippen molar-refractivity contribution in [2.75, 3.05) is 25.2 Å². The quantitative estimate of drug-likeness (QED) is 0.660. The number of methoxy groups -OCH3 is 1. The highest BCUT2D eigenvalue weighted by Crippen LogP contribution is 2.37. The maximum absolute atomic E-state index is 5.79. The highest BCUT2D eigenvalue weighted by atomic mass is 35.5. The van der Waals surface area contributed by atoms with Crippen LogP contribution in [0.25, 0.3) is 0 Å². The summed E-state index contributed by atoms with van der Waals surface area (Å²) >= 11 is 2.04. The third kappa shape index (κ3) is 5.56. The van der Waals surface area contributed by atoms with Crippen LogP contribution in [0.2, 0.25) is 0 Å². The predicted octanol–water partition coefficient (Wildman–Crippen LogP) is 5.46. The van der Waals surface area contributed by atoms with Gasteiger partial charge in [-0.1, -0.05) is 36.4 Å². The zero-order valence-corrected chi connectivity index (χ0v) is 17.9. The second kappa shape index (κ2) is 10.8. The van der Waals surface area contributed by atoms with Crippen molar-refractivity contribution < 1.29 is 9.47 Å². The molecule has 1 fully saturated rings. The molecule has 3 atom stereocenters. The zero-order valence-electron chi connectivity index (χ0n) is 16.3. The lowest BCUT2D eigenvalue weighted by Crippen LogP contribution is -2.40. The smallest absolute Gasteiger partial charge is 0.161 e. The fraction of sp³-hybridized carbons (Fsp3) is 0.455. The van der Waals surface area contributed by atoms with Gasteiger partial charge in [0.05, 0.1) is 13.7 Å². The van der Waals surface area contributed by atoms with Gasteiger partial charge in [0, 0.05) is 23.8 Å². The van der Waals surface area contributed by atoms with Gasteiger partial charge in [0.1, 0.15) is 0 Å². The Morgan fingerprint density at radius 1 is 1.15 bits per heavy atom. The van der Waals surface area contributed by atoms with Crippen molar-refractivity contribution in [2.24, 2.45) is 0 Å². The summed E-state index contributed by atoms with van der Waals surface area (Å²) in [6, 6.07) is 17.9. The van der Waals surface area contributed by atoms with E-state index in [1.165, 1.54) is 23.3 Å². The molecule has 0 spiro atoms. The molecule has 0 bridgehead atoms. The lowest BCUT2D eigenvalue weighted by Gasteiger charge is -2.35. The minimum absolute atomic E-state index is 0. The molecule has 27 heavy (non-hydrogen) atoms. The van der Waals surface area contributed by atoms with E-state index in [0.717, 1.165) is 17.3 Å². The van der Waals surface area contributed by atoms with Crippen molar-refractivity contribution in [1.29, 1.82) is 0 Å². The second-order valence-corrected chi connectivity index (χ2v) is 7.87. The Morgan fingerprint density at radius 3 is 2.63 bits per heavy atom. The van der Waals surface area contributed by atoms with E-state index in [4.69, 9.17) is 9.47 Å². The summed E-state index contributed by atoms with van der Waals surface area (Å²) in [5.41, 5.74) is 2.67. The van der Waals surface area contributed by atoms with E-state index in [2.05, 4.69) is 54.7 Å². The second-order valence-electron chi connectivity index (χ2n) is 6.72. The van der Waals surface area contributed by atoms with Crippen LogP contribution >= 0.6 is 24.2 Å². The molecule has 0 unspecified atom stereocenters. The molecule has 3 rings (SSSR count). The van der Waals surface area contributed by atoms with Gasteiger partial charge >= 0.3 is 0 Å². The highest BCUT2D eigenvalue weighted by Gasteiger charge is 2.28. The van der Waals surface area contributed by atoms with E-state index in [9.17, 15) is 0 Å². The number of halogens is 1. The Balaban J connectivity index is 0.00000261. The Bertz CT molecular complexity index is 698. The third-order valence-corrected chi connectivity index (χ3v) is 6.15. The predicted molar refractivity (Wildman–Crippen MR) is 118 cm³/mol. The summed E-state index contributed by atoms with van der Waals surface area (Å²) in [6.45, 7) is 4.91. The molecule has 0 radical (unpaired) electrons. The highest BCUT2D eigenvalue weighted by molar-refractivity contribution is 7.99. The number of rotatable bonds is 7. The van der Waals surface area contributed by atoms with E-state index in [1.807, 2.05) is 24.8 Å². The fourth-order valence-corrected chi connectivity index (χ4v) is 4.88. The van der Waals surface area contributed by atoms with Crippen molar-refractivity contribution in [3.63, 3.8) is 0 Å². The van der Waals surface area contributed by atoms with Crippen LogP contribution in [0.4, 0.5) is 0 Å². The van der Waals surface area contributed by atoms with Gasteiger partial charge in [-0.2, -0.15) is 11.8 Å². The average molecular weight is 408 g/mol. The van der Waals surface area contributed by atoms with E-state index < -0.39 is 0 Å². The van der Waals surface area contributed by atoms with Gasteiger partial charge in [-0.05, 0) is 49.3 Å². The van der Waals surface area contributed by atoms with Crippen molar-refractivity contribution in [1.82, 2.24) is 5.32 Å². The van der Waals surface area contributed by atoms with E-state index >= 15 is 0 Å². The topological polar surface area (TPSA) is 30.5 Å². The number of benzene rings is 2. The van der Waals surface area contributed by atoms with Crippen LogP contribution in [-0.2, 0) is 0 Å². The summed E-state index contributed by atoms with van der Waals surface area (Å²) in [5, 5.41) is 3.88. The lowest BCUT2D eigenvalue weighted by molar-refractivity contribution is 0.309. The molecule has 0 amide bonds. The summed E-state index contributed by atoms with van der Waals surface area (Å²) < 4.78 is 11.2. The molecule has 1 aliphatic heterocycles. The molecular weight excluding hydrogens is 378 g/mol. The van der Waals surface area contributed by atoms with Crippen LogP contribution in [0, 0.1) is 0 Å². The molecular formula is C22H30ClNO2S. The molecule has 1 aliphatic rings. The number of hydrogen-bond acceptors (Lipinski definition) is 4. The molecule has 1 saturated heterocycles. The van der Waals surface area contributed by atoms with Crippen molar-refractivity contribution in [3.8, 4) is 11.5 Å². The Kier molecular flexibility index (Phi) is 8.81. The first-order valence-electron chi connectivity index (χ1n) is 9.42. The summed E-state index contributed by atoms with van der Waals surface area (Å²) in [7, 11) is 1.69. The van der Waals surface area contributed by atoms with Crippen LogP contribution in [0.15, 0.2) is 48.5 Å². The fourth-order valence-electron chi connectivity index (χ4n) is 3.62. The van der Waals surface area contributed by atoms with Gasteiger partial charge in [-0.25, -0.2) is 0 Å². The Labute approximate surface area is 173 Å². The van der Waals surface area contributed by atoms with Gasteiger partial charge < -0.3 is 14.8 Å². The maximum atomic E-state index is 5.79. The first-order valence-corrected chi connectivity index (χ1v) is 10.6. The first kappa shape index (κ1) is 21.9. The van der Waals surface area contributed by atoms with Crippen LogP contribution in [0.1, 0.15) is 43.4 Å². The lowest BCUT2D eigenvalue weighted by atomic mass is 9.89. The first-order chi connectivity index (χ1) is 12.7. The number of thioether (sulfide) groups is 1. The summed E-state index contributed by atoms with van der Waals surface area (Å²) in [6.07, 6.45) is 1.18.